The van der Waals surface area contributed by atoms with E-state index in [2.05, 4.69) is 48.7 Å². The number of hydrogen-bond donors (Lipinski definition) is 2. The van der Waals surface area contributed by atoms with Gasteiger partial charge in [0.2, 0.25) is 0 Å². The molecule has 7 aliphatic rings. The maximum Gasteiger partial charge on any atom is 0.137 e. The van der Waals surface area contributed by atoms with Crippen LogP contribution in [0.25, 0.3) is 0 Å². The Labute approximate surface area is 184 Å². The molecule has 2 unspecified atom stereocenters. The van der Waals surface area contributed by atoms with Crippen LogP contribution in [0.3, 0.4) is 0 Å². The van der Waals surface area contributed by atoms with Crippen molar-refractivity contribution in [3.05, 3.63) is 48.0 Å². The fourth-order valence-electron chi connectivity index (χ4n) is 10.6. The van der Waals surface area contributed by atoms with E-state index in [0.717, 1.165) is 44.3 Å². The maximum absolute atomic E-state index is 13.9. The van der Waals surface area contributed by atoms with Crippen LogP contribution in [0.1, 0.15) is 44.6 Å². The zero-order valence-corrected chi connectivity index (χ0v) is 18.3. The second kappa shape index (κ2) is 5.70. The normalized spacial score (nSPS) is 54.4. The van der Waals surface area contributed by atoms with Crippen LogP contribution in [0.4, 0.5) is 0 Å². The molecule has 31 heavy (non-hydrogen) atoms. The number of ketones is 1. The van der Waals surface area contributed by atoms with Gasteiger partial charge in [0, 0.05) is 54.1 Å². The molecule has 4 heteroatoms. The van der Waals surface area contributed by atoms with Gasteiger partial charge in [-0.1, -0.05) is 50.3 Å². The number of hydrogen-bond acceptors (Lipinski definition) is 4. The summed E-state index contributed by atoms with van der Waals surface area (Å²) in [4.78, 5) is 16.6. The van der Waals surface area contributed by atoms with E-state index in [0.29, 0.717) is 12.2 Å². The summed E-state index contributed by atoms with van der Waals surface area (Å²) < 4.78 is 0. The quantitative estimate of drug-likeness (QED) is 0.723. The minimum atomic E-state index is -0.652. The standard InChI is InChI=1S/C27H33NO3/c1-15-17-11-18-23-26-10-6-9-25(2,14-28(23)13-16-7-4-3-5-8-16)21(26)19(29)12-27(18,24(15)31)22(26)20(17)30/h3-5,7-8,17-18,20-24,30-31H,1,6,9-14H2,2H3/t17-,18+,20+,21-,22+,23?,24-,25+,26+,27?/m1/s1. The van der Waals surface area contributed by atoms with E-state index in [4.69, 9.17) is 0 Å². The monoisotopic (exact) mass is 419 g/mol. The van der Waals surface area contributed by atoms with Crippen LogP contribution >= 0.6 is 0 Å². The van der Waals surface area contributed by atoms with Crippen LogP contribution in [-0.4, -0.2) is 45.7 Å². The van der Waals surface area contributed by atoms with Crippen LogP contribution in [-0.2, 0) is 11.3 Å². The number of fused-ring (bicyclic) bond motifs is 1. The Kier molecular flexibility index (Phi) is 3.50. The highest BCUT2D eigenvalue weighted by Crippen LogP contribution is 2.82. The number of nitrogens with zero attached hydrogens (tertiary/aromatic N) is 1. The molecular formula is C27H33NO3. The van der Waals surface area contributed by atoms with E-state index in [1.54, 1.807) is 0 Å². The van der Waals surface area contributed by atoms with Crippen molar-refractivity contribution in [1.82, 2.24) is 4.90 Å². The predicted octanol–water partition coefficient (Wildman–Crippen LogP) is 3.18. The number of Topliss-reactive ketones (excluding diaryl/α,β-unsaturated/α-hetero) is 1. The molecule has 1 aromatic carbocycles. The Morgan fingerprint density at radius 1 is 1.16 bits per heavy atom. The lowest BCUT2D eigenvalue weighted by Crippen LogP contribution is -2.71. The number of carbonyl (C=O) groups is 1. The molecule has 8 rings (SSSR count). The topological polar surface area (TPSA) is 60.8 Å². The fourth-order valence-corrected chi connectivity index (χ4v) is 10.6. The molecule has 10 atom stereocenters. The molecule has 4 nitrogen and oxygen atoms in total. The largest absolute Gasteiger partial charge is 0.392 e. The Bertz CT molecular complexity index is 991. The average molecular weight is 420 g/mol. The molecule has 2 N–H and O–H groups in total. The lowest BCUT2D eigenvalue weighted by atomic mass is 9.38. The summed E-state index contributed by atoms with van der Waals surface area (Å²) in [5, 5.41) is 23.2. The Balaban J connectivity index is 1.46. The highest BCUT2D eigenvalue weighted by atomic mass is 16.3. The van der Waals surface area contributed by atoms with Crippen LogP contribution in [0.15, 0.2) is 42.5 Å². The van der Waals surface area contributed by atoms with E-state index >= 15 is 0 Å². The highest BCUT2D eigenvalue weighted by molar-refractivity contribution is 5.87. The van der Waals surface area contributed by atoms with E-state index in [1.165, 1.54) is 5.56 Å². The van der Waals surface area contributed by atoms with Crippen LogP contribution in [0, 0.1) is 39.9 Å². The zero-order chi connectivity index (χ0) is 21.3. The van der Waals surface area contributed by atoms with Gasteiger partial charge < -0.3 is 10.2 Å². The Morgan fingerprint density at radius 2 is 1.94 bits per heavy atom. The van der Waals surface area contributed by atoms with Gasteiger partial charge in [-0.15, -0.1) is 0 Å². The lowest BCUT2D eigenvalue weighted by Gasteiger charge is -2.67. The van der Waals surface area contributed by atoms with Crippen molar-refractivity contribution >= 4 is 5.78 Å². The smallest absolute Gasteiger partial charge is 0.137 e. The van der Waals surface area contributed by atoms with E-state index in [1.807, 2.05) is 0 Å². The fraction of sp³-hybridized carbons (Fsp3) is 0.667. The SMILES string of the molecule is C=C1[C@H]2C[C@H]3C4N(Cc5ccccc5)C[C@]5(C)CCC[C@]46[C@H]([C@H]2O)C3(CC(=O)[C@H]56)[C@@H]1O. The van der Waals surface area contributed by atoms with Gasteiger partial charge in [-0.25, -0.2) is 0 Å². The second-order valence-electron chi connectivity index (χ2n) is 12.0. The van der Waals surface area contributed by atoms with Crippen LogP contribution < -0.4 is 0 Å². The van der Waals surface area contributed by atoms with Crippen molar-refractivity contribution in [2.75, 3.05) is 6.54 Å². The average Bonchev–Trinajstić information content (AvgIpc) is 2.84. The molecule has 6 bridgehead atoms. The van der Waals surface area contributed by atoms with Gasteiger partial charge in [0.1, 0.15) is 5.78 Å². The van der Waals surface area contributed by atoms with Crippen LogP contribution in [0.5, 0.6) is 0 Å². The first-order valence-corrected chi connectivity index (χ1v) is 12.2. The molecule has 7 fully saturated rings. The zero-order valence-electron chi connectivity index (χ0n) is 18.3. The summed E-state index contributed by atoms with van der Waals surface area (Å²) in [5.74, 6) is 0.667. The summed E-state index contributed by atoms with van der Waals surface area (Å²) in [7, 11) is 0. The Hall–Kier alpha value is -1.49. The molecule has 0 amide bonds. The van der Waals surface area contributed by atoms with Gasteiger partial charge in [0.15, 0.2) is 0 Å². The number of aliphatic hydroxyl groups is 2. The molecule has 1 aromatic rings. The number of aliphatic hydroxyl groups excluding tert-OH is 2. The van der Waals surface area contributed by atoms with Crippen LogP contribution in [0.2, 0.25) is 0 Å². The molecular weight excluding hydrogens is 386 g/mol. The minimum absolute atomic E-state index is 0.0209. The van der Waals surface area contributed by atoms with E-state index in [9.17, 15) is 15.0 Å². The van der Waals surface area contributed by atoms with Gasteiger partial charge in [0.25, 0.3) is 0 Å². The number of benzene rings is 1. The molecule has 1 aliphatic heterocycles. The van der Waals surface area contributed by atoms with E-state index < -0.39 is 17.6 Å². The molecule has 6 aliphatic carbocycles. The van der Waals surface area contributed by atoms with Gasteiger partial charge in [-0.05, 0) is 41.7 Å². The molecule has 164 valence electrons. The first-order valence-electron chi connectivity index (χ1n) is 12.2. The maximum atomic E-state index is 13.9. The predicted molar refractivity (Wildman–Crippen MR) is 117 cm³/mol. The van der Waals surface area contributed by atoms with Crippen molar-refractivity contribution in [3.63, 3.8) is 0 Å². The van der Waals surface area contributed by atoms with Crippen molar-refractivity contribution in [3.8, 4) is 0 Å². The first kappa shape index (κ1) is 19.0. The number of rotatable bonds is 2. The molecule has 1 heterocycles. The molecule has 1 saturated heterocycles. The number of piperidine rings is 1. The molecule has 0 radical (unpaired) electrons. The van der Waals surface area contributed by atoms with Crippen molar-refractivity contribution in [2.45, 2.75) is 63.8 Å². The first-order chi connectivity index (χ1) is 14.8. The summed E-state index contributed by atoms with van der Waals surface area (Å²) in [5.41, 5.74) is 1.35. The lowest BCUT2D eigenvalue weighted by molar-refractivity contribution is -0.223. The number of likely N-dealkylation sites (tertiary alicyclic amines) is 1. The number of carbonyl (C=O) groups excluding carboxylic acids is 1. The third-order valence-electron chi connectivity index (χ3n) is 11.0. The third-order valence-corrected chi connectivity index (χ3v) is 11.0. The van der Waals surface area contributed by atoms with E-state index in [-0.39, 0.29) is 40.5 Å². The van der Waals surface area contributed by atoms with Gasteiger partial charge in [-0.3, -0.25) is 9.69 Å². The summed E-state index contributed by atoms with van der Waals surface area (Å²) >= 11 is 0. The Morgan fingerprint density at radius 3 is 2.71 bits per heavy atom. The van der Waals surface area contributed by atoms with Crippen molar-refractivity contribution in [1.29, 1.82) is 0 Å². The van der Waals surface area contributed by atoms with Crippen molar-refractivity contribution in [2.24, 2.45) is 39.9 Å². The van der Waals surface area contributed by atoms with Gasteiger partial charge in [0.05, 0.1) is 12.2 Å². The molecule has 2 spiro atoms. The molecule has 6 saturated carbocycles. The summed E-state index contributed by atoms with van der Waals surface area (Å²) in [6, 6.07) is 11.0. The summed E-state index contributed by atoms with van der Waals surface area (Å²) in [6.07, 6.45) is 3.42. The minimum Gasteiger partial charge on any atom is -0.392 e. The second-order valence-corrected chi connectivity index (χ2v) is 12.0. The third kappa shape index (κ3) is 1.91. The van der Waals surface area contributed by atoms with Crippen molar-refractivity contribution < 1.29 is 15.0 Å². The summed E-state index contributed by atoms with van der Waals surface area (Å²) in [6.45, 7) is 8.39. The molecule has 0 aromatic heterocycles. The highest BCUT2D eigenvalue weighted by Gasteiger charge is 2.85. The van der Waals surface area contributed by atoms with Gasteiger partial charge in [-0.2, -0.15) is 0 Å². The van der Waals surface area contributed by atoms with Gasteiger partial charge >= 0.3 is 0 Å².